The second kappa shape index (κ2) is 10.8. The number of thioether (sulfide) groups is 3. The van der Waals surface area contributed by atoms with Crippen LogP contribution in [0, 0.1) is 34.0 Å². The van der Waals surface area contributed by atoms with Crippen LogP contribution in [0.15, 0.2) is 106 Å². The molecule has 0 N–H and O–H groups in total. The summed E-state index contributed by atoms with van der Waals surface area (Å²) in [5.41, 5.74) is 0. The Bertz CT molecular complexity index is 1010. The largest absolute Gasteiger partial charge is 0.197 e. The average molecular weight is 444 g/mol. The zero-order valence-corrected chi connectivity index (χ0v) is 18.3. The summed E-state index contributed by atoms with van der Waals surface area (Å²) in [4.78, 5) is 2.62. The topological polar surface area (TPSA) is 71.4 Å². The van der Waals surface area contributed by atoms with Gasteiger partial charge in [-0.3, -0.25) is 0 Å². The molecule has 0 aliphatic rings. The van der Waals surface area contributed by atoms with E-state index in [2.05, 4.69) is 18.2 Å². The van der Waals surface area contributed by atoms with Gasteiger partial charge in [-0.2, -0.15) is 15.8 Å². The third kappa shape index (κ3) is 5.21. The van der Waals surface area contributed by atoms with Gasteiger partial charge in [-0.05, 0) is 36.4 Å². The van der Waals surface area contributed by atoms with Crippen molar-refractivity contribution in [1.82, 2.24) is 0 Å². The minimum Gasteiger partial charge on any atom is -0.197 e. The highest BCUT2D eigenvalue weighted by atomic mass is 32.2. The zero-order chi connectivity index (χ0) is 21.2. The van der Waals surface area contributed by atoms with Crippen molar-refractivity contribution in [2.75, 3.05) is 0 Å². The van der Waals surface area contributed by atoms with E-state index in [0.717, 1.165) is 14.7 Å². The van der Waals surface area contributed by atoms with Crippen LogP contribution in [0.5, 0.6) is 0 Å². The molecule has 3 nitrogen and oxygen atoms in total. The molecule has 2 atom stereocenters. The molecule has 3 aromatic carbocycles. The van der Waals surface area contributed by atoms with E-state index in [1.54, 1.807) is 0 Å². The first-order valence-corrected chi connectivity index (χ1v) is 11.7. The molecule has 146 valence electrons. The van der Waals surface area contributed by atoms with Crippen LogP contribution in [-0.4, -0.2) is 15.2 Å². The van der Waals surface area contributed by atoms with Gasteiger partial charge in [0.1, 0.15) is 10.5 Å². The summed E-state index contributed by atoms with van der Waals surface area (Å²) < 4.78 is -1.29. The number of nitrogens with zero attached hydrogens (tertiary/aromatic N) is 3. The van der Waals surface area contributed by atoms with Gasteiger partial charge in [0, 0.05) is 14.7 Å². The van der Waals surface area contributed by atoms with Crippen molar-refractivity contribution in [3.63, 3.8) is 0 Å². The van der Waals surface area contributed by atoms with Crippen molar-refractivity contribution >= 4 is 35.3 Å². The van der Waals surface area contributed by atoms with E-state index in [1.165, 1.54) is 35.3 Å². The fraction of sp³-hybridized carbons (Fsp3) is 0.125. The van der Waals surface area contributed by atoms with Crippen LogP contribution in [-0.2, 0) is 0 Å². The summed E-state index contributed by atoms with van der Waals surface area (Å²) in [5.74, 6) is 0. The van der Waals surface area contributed by atoms with Crippen LogP contribution in [0.1, 0.15) is 0 Å². The van der Waals surface area contributed by atoms with E-state index in [9.17, 15) is 15.8 Å². The monoisotopic (exact) mass is 443 g/mol. The molecule has 3 aromatic rings. The molecule has 2 unspecified atom stereocenters. The maximum absolute atomic E-state index is 10.4. The van der Waals surface area contributed by atoms with E-state index in [0.29, 0.717) is 0 Å². The SMILES string of the molecule is N#CC(Sc1ccccc1)C(C#N)(Sc1ccccc1)C(C#N)Sc1ccccc1. The summed E-state index contributed by atoms with van der Waals surface area (Å²) in [6.45, 7) is 0. The van der Waals surface area contributed by atoms with Crippen LogP contribution < -0.4 is 0 Å². The van der Waals surface area contributed by atoms with Crippen LogP contribution in [0.25, 0.3) is 0 Å². The van der Waals surface area contributed by atoms with Crippen LogP contribution in [0.3, 0.4) is 0 Å². The van der Waals surface area contributed by atoms with Gasteiger partial charge in [0.15, 0.2) is 4.75 Å². The summed E-state index contributed by atoms with van der Waals surface area (Å²) in [6.07, 6.45) is 0. The Kier molecular flexibility index (Phi) is 7.89. The smallest absolute Gasteiger partial charge is 0.157 e. The molecule has 0 amide bonds. The Labute approximate surface area is 189 Å². The minimum absolute atomic E-state index is 0.754. The predicted octanol–water partition coefficient (Wildman–Crippen LogP) is 6.41. The Balaban J connectivity index is 2.04. The van der Waals surface area contributed by atoms with E-state index in [-0.39, 0.29) is 0 Å². The van der Waals surface area contributed by atoms with Crippen molar-refractivity contribution in [3.05, 3.63) is 91.0 Å². The van der Waals surface area contributed by atoms with E-state index in [4.69, 9.17) is 0 Å². The van der Waals surface area contributed by atoms with Gasteiger partial charge in [-0.1, -0.05) is 66.4 Å². The summed E-state index contributed by atoms with van der Waals surface area (Å²) in [6, 6.07) is 35.6. The first-order chi connectivity index (χ1) is 14.7. The van der Waals surface area contributed by atoms with E-state index in [1.807, 2.05) is 91.0 Å². The molecular formula is C24H17N3S3. The molecule has 6 heteroatoms. The van der Waals surface area contributed by atoms with Gasteiger partial charge < -0.3 is 0 Å². The second-order valence-corrected chi connectivity index (χ2v) is 9.91. The van der Waals surface area contributed by atoms with Gasteiger partial charge in [0.05, 0.1) is 18.2 Å². The normalized spacial score (nSPS) is 14.3. The number of benzene rings is 3. The molecule has 0 saturated heterocycles. The first-order valence-electron chi connectivity index (χ1n) is 9.10. The molecule has 0 aliphatic carbocycles. The minimum atomic E-state index is -1.29. The van der Waals surface area contributed by atoms with Gasteiger partial charge >= 0.3 is 0 Å². The van der Waals surface area contributed by atoms with Crippen LogP contribution in [0.4, 0.5) is 0 Å². The Morgan fingerprint density at radius 3 is 1.27 bits per heavy atom. The standard InChI is InChI=1S/C24H17N3S3/c25-16-22(28-19-10-4-1-5-11-19)24(18-27,30-21-14-8-3-9-15-21)23(17-26)29-20-12-6-2-7-13-20/h1-15,22-23H. The van der Waals surface area contributed by atoms with Crippen molar-refractivity contribution in [2.45, 2.75) is 29.9 Å². The number of hydrogen-bond acceptors (Lipinski definition) is 6. The average Bonchev–Trinajstić information content (AvgIpc) is 2.82. The van der Waals surface area contributed by atoms with Crippen molar-refractivity contribution in [2.24, 2.45) is 0 Å². The predicted molar refractivity (Wildman–Crippen MR) is 124 cm³/mol. The number of rotatable bonds is 8. The molecule has 0 heterocycles. The van der Waals surface area contributed by atoms with Gasteiger partial charge in [0.25, 0.3) is 0 Å². The lowest BCUT2D eigenvalue weighted by atomic mass is 10.0. The summed E-state index contributed by atoms with van der Waals surface area (Å²) in [7, 11) is 0. The maximum atomic E-state index is 10.4. The molecule has 0 saturated carbocycles. The third-order valence-corrected chi connectivity index (χ3v) is 8.43. The maximum Gasteiger partial charge on any atom is 0.157 e. The van der Waals surface area contributed by atoms with Crippen molar-refractivity contribution in [3.8, 4) is 18.2 Å². The zero-order valence-electron chi connectivity index (χ0n) is 15.9. The lowest BCUT2D eigenvalue weighted by Crippen LogP contribution is -2.44. The first kappa shape index (κ1) is 21.9. The van der Waals surface area contributed by atoms with Gasteiger partial charge in [-0.15, -0.1) is 23.5 Å². The van der Waals surface area contributed by atoms with Gasteiger partial charge in [0.2, 0.25) is 0 Å². The molecule has 0 bridgehead atoms. The van der Waals surface area contributed by atoms with Crippen molar-refractivity contribution < 1.29 is 0 Å². The van der Waals surface area contributed by atoms with Crippen LogP contribution >= 0.6 is 35.3 Å². The molecule has 0 aliphatic heterocycles. The second-order valence-electron chi connectivity index (χ2n) is 6.20. The molecule has 0 fully saturated rings. The molecular weight excluding hydrogens is 426 g/mol. The fourth-order valence-corrected chi connectivity index (χ4v) is 6.48. The fourth-order valence-electron chi connectivity index (χ4n) is 2.76. The highest BCUT2D eigenvalue weighted by Crippen LogP contribution is 2.49. The van der Waals surface area contributed by atoms with E-state index < -0.39 is 15.2 Å². The molecule has 0 aromatic heterocycles. The third-order valence-electron chi connectivity index (χ3n) is 4.21. The summed E-state index contributed by atoms with van der Waals surface area (Å²) in [5, 5.41) is 29.1. The van der Waals surface area contributed by atoms with Crippen molar-refractivity contribution in [1.29, 1.82) is 15.8 Å². The van der Waals surface area contributed by atoms with E-state index >= 15 is 0 Å². The Hall–Kier alpha value is -2.82. The summed E-state index contributed by atoms with van der Waals surface area (Å²) >= 11 is 3.94. The van der Waals surface area contributed by atoms with Crippen LogP contribution in [0.2, 0.25) is 0 Å². The Morgan fingerprint density at radius 2 is 0.933 bits per heavy atom. The molecule has 0 radical (unpaired) electrons. The quantitative estimate of drug-likeness (QED) is 0.375. The molecule has 30 heavy (non-hydrogen) atoms. The Morgan fingerprint density at radius 1 is 0.567 bits per heavy atom. The molecule has 0 spiro atoms. The number of nitriles is 3. The number of hydrogen-bond donors (Lipinski definition) is 0. The highest BCUT2D eigenvalue weighted by Gasteiger charge is 2.49. The molecule has 3 rings (SSSR count). The lowest BCUT2D eigenvalue weighted by Gasteiger charge is -2.33. The lowest BCUT2D eigenvalue weighted by molar-refractivity contribution is 0.788. The highest BCUT2D eigenvalue weighted by molar-refractivity contribution is 8.06. The van der Waals surface area contributed by atoms with Gasteiger partial charge in [-0.25, -0.2) is 0 Å².